The second-order valence-electron chi connectivity index (χ2n) is 4.31. The average molecular weight is 331 g/mol. The van der Waals surface area contributed by atoms with Crippen molar-refractivity contribution in [2.75, 3.05) is 10.5 Å². The Bertz CT molecular complexity index is 741. The Labute approximate surface area is 127 Å². The second-order valence-corrected chi connectivity index (χ2v) is 6.84. The number of hydrogen-bond donors (Lipinski definition) is 2. The number of sulfonamides is 1. The fraction of sp³-hybridized carbons (Fsp3) is 0.0769. The van der Waals surface area contributed by atoms with Crippen LogP contribution in [0.5, 0.6) is 0 Å². The summed E-state index contributed by atoms with van der Waals surface area (Å²) in [5, 5.41) is 0.648. The molecule has 7 heteroatoms. The molecule has 2 aromatic carbocycles. The molecular formula is C13H12Cl2N2O2S. The molecule has 0 saturated heterocycles. The smallest absolute Gasteiger partial charge is 0.262 e. The van der Waals surface area contributed by atoms with Crippen LogP contribution >= 0.6 is 23.2 Å². The molecule has 0 saturated carbocycles. The molecule has 0 heterocycles. The van der Waals surface area contributed by atoms with Crippen LogP contribution in [-0.4, -0.2) is 8.42 Å². The molecule has 0 spiro atoms. The fourth-order valence-corrected chi connectivity index (χ4v) is 3.31. The Kier molecular flexibility index (Phi) is 4.13. The summed E-state index contributed by atoms with van der Waals surface area (Å²) in [5.74, 6) is 0. The van der Waals surface area contributed by atoms with E-state index in [1.165, 1.54) is 24.3 Å². The van der Waals surface area contributed by atoms with Crippen LogP contribution in [0.15, 0.2) is 41.3 Å². The number of benzene rings is 2. The molecule has 106 valence electrons. The number of halogens is 2. The molecule has 0 bridgehead atoms. The summed E-state index contributed by atoms with van der Waals surface area (Å²) >= 11 is 11.8. The maximum absolute atomic E-state index is 12.3. The van der Waals surface area contributed by atoms with Crippen molar-refractivity contribution in [2.45, 2.75) is 11.8 Å². The molecule has 0 aliphatic rings. The van der Waals surface area contributed by atoms with Gasteiger partial charge in [-0.05, 0) is 48.9 Å². The zero-order chi connectivity index (χ0) is 14.9. The van der Waals surface area contributed by atoms with Crippen LogP contribution in [0.3, 0.4) is 0 Å². The maximum Gasteiger partial charge on any atom is 0.262 e. The zero-order valence-corrected chi connectivity index (χ0v) is 12.9. The standard InChI is InChI=1S/C13H12Cl2N2O2S/c1-8-4-10(16)7-11(5-8)20(18,19)17-13-6-9(14)2-3-12(13)15/h2-7,17H,16H2,1H3. The van der Waals surface area contributed by atoms with Crippen molar-refractivity contribution in [1.29, 1.82) is 0 Å². The van der Waals surface area contributed by atoms with E-state index in [0.29, 0.717) is 10.7 Å². The first-order valence-electron chi connectivity index (χ1n) is 5.63. The van der Waals surface area contributed by atoms with Crippen LogP contribution in [0.25, 0.3) is 0 Å². The van der Waals surface area contributed by atoms with E-state index in [-0.39, 0.29) is 15.6 Å². The summed E-state index contributed by atoms with van der Waals surface area (Å²) in [6.45, 7) is 1.77. The Morgan fingerprint density at radius 3 is 2.45 bits per heavy atom. The van der Waals surface area contributed by atoms with Gasteiger partial charge in [-0.3, -0.25) is 4.72 Å². The number of anilines is 2. The quantitative estimate of drug-likeness (QED) is 0.843. The molecule has 2 rings (SSSR count). The van der Waals surface area contributed by atoms with Gasteiger partial charge in [0.05, 0.1) is 15.6 Å². The fourth-order valence-electron chi connectivity index (χ4n) is 1.71. The zero-order valence-electron chi connectivity index (χ0n) is 10.5. The van der Waals surface area contributed by atoms with Gasteiger partial charge >= 0.3 is 0 Å². The highest BCUT2D eigenvalue weighted by molar-refractivity contribution is 7.92. The first-order chi connectivity index (χ1) is 9.28. The van der Waals surface area contributed by atoms with E-state index in [2.05, 4.69) is 4.72 Å². The van der Waals surface area contributed by atoms with Crippen molar-refractivity contribution < 1.29 is 8.42 Å². The average Bonchev–Trinajstić information content (AvgIpc) is 2.32. The largest absolute Gasteiger partial charge is 0.399 e. The van der Waals surface area contributed by atoms with Crippen molar-refractivity contribution in [2.24, 2.45) is 0 Å². The third-order valence-electron chi connectivity index (χ3n) is 2.56. The van der Waals surface area contributed by atoms with E-state index in [4.69, 9.17) is 28.9 Å². The Balaban J connectivity index is 2.43. The third kappa shape index (κ3) is 3.36. The predicted molar refractivity (Wildman–Crippen MR) is 82.9 cm³/mol. The van der Waals surface area contributed by atoms with Gasteiger partial charge in [-0.2, -0.15) is 0 Å². The molecule has 0 atom stereocenters. The van der Waals surface area contributed by atoms with Crippen LogP contribution in [0.4, 0.5) is 11.4 Å². The van der Waals surface area contributed by atoms with Gasteiger partial charge in [0, 0.05) is 10.7 Å². The molecular weight excluding hydrogens is 319 g/mol. The van der Waals surface area contributed by atoms with Crippen molar-refractivity contribution >= 4 is 44.6 Å². The first kappa shape index (κ1) is 15.0. The minimum Gasteiger partial charge on any atom is -0.399 e. The number of nitrogens with one attached hydrogen (secondary N) is 1. The van der Waals surface area contributed by atoms with Gasteiger partial charge < -0.3 is 5.73 Å². The Morgan fingerprint density at radius 2 is 1.80 bits per heavy atom. The third-order valence-corrected chi connectivity index (χ3v) is 4.47. The Morgan fingerprint density at radius 1 is 1.10 bits per heavy atom. The highest BCUT2D eigenvalue weighted by Crippen LogP contribution is 2.28. The SMILES string of the molecule is Cc1cc(N)cc(S(=O)(=O)Nc2cc(Cl)ccc2Cl)c1. The molecule has 0 aliphatic heterocycles. The molecule has 0 amide bonds. The van der Waals surface area contributed by atoms with Crippen LogP contribution in [-0.2, 0) is 10.0 Å². The van der Waals surface area contributed by atoms with Crippen molar-refractivity contribution in [3.63, 3.8) is 0 Å². The minimum atomic E-state index is -3.77. The molecule has 0 unspecified atom stereocenters. The number of nitrogens with two attached hydrogens (primary N) is 1. The number of hydrogen-bond acceptors (Lipinski definition) is 3. The summed E-state index contributed by atoms with van der Waals surface area (Å²) in [5.41, 5.74) is 7.02. The monoisotopic (exact) mass is 330 g/mol. The molecule has 0 fully saturated rings. The molecule has 0 aliphatic carbocycles. The topological polar surface area (TPSA) is 72.2 Å². The van der Waals surface area contributed by atoms with Crippen molar-refractivity contribution in [3.8, 4) is 0 Å². The van der Waals surface area contributed by atoms with E-state index in [1.54, 1.807) is 19.1 Å². The van der Waals surface area contributed by atoms with Crippen LogP contribution in [0.2, 0.25) is 10.0 Å². The number of rotatable bonds is 3. The van der Waals surface area contributed by atoms with Gasteiger partial charge in [-0.15, -0.1) is 0 Å². The lowest BCUT2D eigenvalue weighted by atomic mass is 10.2. The number of aryl methyl sites for hydroxylation is 1. The van der Waals surface area contributed by atoms with Gasteiger partial charge in [0.15, 0.2) is 0 Å². The van der Waals surface area contributed by atoms with Crippen LogP contribution in [0.1, 0.15) is 5.56 Å². The summed E-state index contributed by atoms with van der Waals surface area (Å²) in [4.78, 5) is 0.0750. The summed E-state index contributed by atoms with van der Waals surface area (Å²) < 4.78 is 27.0. The van der Waals surface area contributed by atoms with E-state index >= 15 is 0 Å². The summed E-state index contributed by atoms with van der Waals surface area (Å²) in [7, 11) is -3.77. The van der Waals surface area contributed by atoms with Crippen LogP contribution in [0, 0.1) is 6.92 Å². The van der Waals surface area contributed by atoms with E-state index in [0.717, 1.165) is 5.56 Å². The van der Waals surface area contributed by atoms with E-state index < -0.39 is 10.0 Å². The molecule has 2 aromatic rings. The number of nitrogen functional groups attached to an aromatic ring is 1. The van der Waals surface area contributed by atoms with E-state index in [1.807, 2.05) is 0 Å². The molecule has 0 radical (unpaired) electrons. The molecule has 20 heavy (non-hydrogen) atoms. The van der Waals surface area contributed by atoms with Gasteiger partial charge in [-0.1, -0.05) is 23.2 Å². The predicted octanol–water partition coefficient (Wildman–Crippen LogP) is 3.68. The lowest BCUT2D eigenvalue weighted by molar-refractivity contribution is 0.601. The van der Waals surface area contributed by atoms with Gasteiger partial charge in [0.25, 0.3) is 10.0 Å². The molecule has 3 N–H and O–H groups in total. The van der Waals surface area contributed by atoms with Gasteiger partial charge in [-0.25, -0.2) is 8.42 Å². The van der Waals surface area contributed by atoms with E-state index in [9.17, 15) is 8.42 Å². The molecule has 0 aromatic heterocycles. The van der Waals surface area contributed by atoms with Crippen molar-refractivity contribution in [3.05, 3.63) is 52.0 Å². The lowest BCUT2D eigenvalue weighted by Gasteiger charge is -2.11. The minimum absolute atomic E-state index is 0.0750. The molecule has 4 nitrogen and oxygen atoms in total. The van der Waals surface area contributed by atoms with Crippen molar-refractivity contribution in [1.82, 2.24) is 0 Å². The maximum atomic E-state index is 12.3. The van der Waals surface area contributed by atoms with Gasteiger partial charge in [0.2, 0.25) is 0 Å². The second kappa shape index (κ2) is 5.52. The Hall–Kier alpha value is -1.43. The lowest BCUT2D eigenvalue weighted by Crippen LogP contribution is -2.13. The summed E-state index contributed by atoms with van der Waals surface area (Å²) in [6.07, 6.45) is 0. The van der Waals surface area contributed by atoms with Gasteiger partial charge in [0.1, 0.15) is 0 Å². The first-order valence-corrected chi connectivity index (χ1v) is 7.87. The highest BCUT2D eigenvalue weighted by atomic mass is 35.5. The highest BCUT2D eigenvalue weighted by Gasteiger charge is 2.17. The van der Waals surface area contributed by atoms with Crippen LogP contribution < -0.4 is 10.5 Å². The normalized spacial score (nSPS) is 11.3. The summed E-state index contributed by atoms with van der Waals surface area (Å²) in [6, 6.07) is 9.13.